The predicted octanol–water partition coefficient (Wildman–Crippen LogP) is 6.88. The maximum absolute atomic E-state index is 12.8. The molecule has 192 valence electrons. The van der Waals surface area contributed by atoms with E-state index in [2.05, 4.69) is 52.5 Å². The standard InChI is InChI=1S/C12H12BrFO3.C6H4BrFO.C6H9BrO2/c1-2-16-12(15)4-3-7-17-11-6-5-9(14)8-10(11)13;7-5-3-4(8)1-2-6(5)9;1-2-9-6(8)4-3-5-7/h3-6,8H,2,7H2,1H3;1-3,9H;3-4H,2,5H2,1H3/b4-3+;;4-3+. The molecule has 0 radical (unpaired) electrons. The first-order valence-corrected chi connectivity index (χ1v) is 12.8. The largest absolute Gasteiger partial charge is 0.507 e. The molecule has 2 rings (SSSR count). The lowest BCUT2D eigenvalue weighted by molar-refractivity contribution is -0.138. The minimum Gasteiger partial charge on any atom is -0.507 e. The molecule has 0 aliphatic heterocycles. The van der Waals surface area contributed by atoms with Crippen molar-refractivity contribution in [2.75, 3.05) is 25.2 Å². The highest BCUT2D eigenvalue weighted by atomic mass is 79.9. The van der Waals surface area contributed by atoms with Crippen molar-refractivity contribution in [2.24, 2.45) is 0 Å². The SMILES string of the molecule is CCOC(=O)/C=C/CBr.CCOC(=O)/C=C/COc1ccc(F)cc1Br.Oc1ccc(F)cc1Br. The van der Waals surface area contributed by atoms with Gasteiger partial charge in [0.25, 0.3) is 0 Å². The molecule has 0 aliphatic carbocycles. The van der Waals surface area contributed by atoms with Crippen LogP contribution < -0.4 is 4.74 Å². The summed E-state index contributed by atoms with van der Waals surface area (Å²) in [6, 6.07) is 7.81. The summed E-state index contributed by atoms with van der Waals surface area (Å²) in [6.45, 7) is 4.50. The Kier molecular flexibility index (Phi) is 18.7. The van der Waals surface area contributed by atoms with E-state index in [9.17, 15) is 18.4 Å². The molecule has 2 aromatic rings. The molecule has 0 aromatic heterocycles. The van der Waals surface area contributed by atoms with Crippen LogP contribution >= 0.6 is 47.8 Å². The lowest BCUT2D eigenvalue weighted by Crippen LogP contribution is -2.01. The van der Waals surface area contributed by atoms with E-state index in [0.717, 1.165) is 0 Å². The van der Waals surface area contributed by atoms with Gasteiger partial charge in [0.2, 0.25) is 0 Å². The number of carbonyl (C=O) groups is 2. The number of alkyl halides is 1. The van der Waals surface area contributed by atoms with Gasteiger partial charge in [-0.05, 0) is 88.2 Å². The number of ether oxygens (including phenoxy) is 3. The normalized spacial score (nSPS) is 10.1. The minimum atomic E-state index is -0.408. The van der Waals surface area contributed by atoms with Gasteiger partial charge in [-0.15, -0.1) is 0 Å². The fourth-order valence-electron chi connectivity index (χ4n) is 1.88. The van der Waals surface area contributed by atoms with Gasteiger partial charge < -0.3 is 19.3 Å². The number of aromatic hydroxyl groups is 1. The van der Waals surface area contributed by atoms with E-state index in [1.54, 1.807) is 19.9 Å². The number of benzene rings is 2. The number of hydrogen-bond donors (Lipinski definition) is 1. The zero-order valence-corrected chi connectivity index (χ0v) is 23.7. The average Bonchev–Trinajstić information content (AvgIpc) is 2.80. The summed E-state index contributed by atoms with van der Waals surface area (Å²) in [6.07, 6.45) is 5.92. The Balaban J connectivity index is 0.000000543. The molecule has 0 unspecified atom stereocenters. The molecule has 0 atom stereocenters. The second-order valence-corrected chi connectivity index (χ2v) is 8.30. The zero-order chi connectivity index (χ0) is 26.6. The van der Waals surface area contributed by atoms with Gasteiger partial charge in [-0.1, -0.05) is 22.0 Å². The highest BCUT2D eigenvalue weighted by Crippen LogP contribution is 2.25. The third kappa shape index (κ3) is 16.9. The Labute approximate surface area is 228 Å². The first-order valence-electron chi connectivity index (χ1n) is 10.1. The van der Waals surface area contributed by atoms with Crippen LogP contribution in [0.1, 0.15) is 13.8 Å². The first-order chi connectivity index (χ1) is 16.6. The van der Waals surface area contributed by atoms with E-state index in [1.165, 1.54) is 54.6 Å². The number of hydrogen-bond acceptors (Lipinski definition) is 6. The van der Waals surface area contributed by atoms with Crippen LogP contribution in [0.5, 0.6) is 11.5 Å². The van der Waals surface area contributed by atoms with Crippen molar-refractivity contribution in [3.63, 3.8) is 0 Å². The summed E-state index contributed by atoms with van der Waals surface area (Å²) < 4.78 is 40.5. The first kappa shape index (κ1) is 32.8. The summed E-state index contributed by atoms with van der Waals surface area (Å²) in [4.78, 5) is 21.4. The monoisotopic (exact) mass is 684 g/mol. The van der Waals surface area contributed by atoms with E-state index in [0.29, 0.717) is 33.2 Å². The van der Waals surface area contributed by atoms with E-state index in [1.807, 2.05) is 0 Å². The number of esters is 2. The Morgan fingerprint density at radius 2 is 1.40 bits per heavy atom. The van der Waals surface area contributed by atoms with Gasteiger partial charge in [-0.2, -0.15) is 0 Å². The van der Waals surface area contributed by atoms with Crippen LogP contribution in [0.4, 0.5) is 8.78 Å². The van der Waals surface area contributed by atoms with E-state index < -0.39 is 5.97 Å². The summed E-state index contributed by atoms with van der Waals surface area (Å²) >= 11 is 9.26. The zero-order valence-electron chi connectivity index (χ0n) is 19.0. The van der Waals surface area contributed by atoms with Crippen LogP contribution in [0.25, 0.3) is 0 Å². The van der Waals surface area contributed by atoms with Gasteiger partial charge in [0.15, 0.2) is 0 Å². The lowest BCUT2D eigenvalue weighted by Gasteiger charge is -2.05. The van der Waals surface area contributed by atoms with Gasteiger partial charge in [-0.25, -0.2) is 18.4 Å². The Bertz CT molecular complexity index is 984. The molecule has 0 saturated heterocycles. The summed E-state index contributed by atoms with van der Waals surface area (Å²) in [5, 5.41) is 9.52. The van der Waals surface area contributed by atoms with Crippen LogP contribution in [0.15, 0.2) is 69.6 Å². The van der Waals surface area contributed by atoms with Crippen molar-refractivity contribution in [3.05, 3.63) is 81.3 Å². The molecule has 0 heterocycles. The van der Waals surface area contributed by atoms with E-state index >= 15 is 0 Å². The van der Waals surface area contributed by atoms with Gasteiger partial charge in [0, 0.05) is 17.5 Å². The minimum absolute atomic E-state index is 0.0522. The molecule has 2 aromatic carbocycles. The second-order valence-electron chi connectivity index (χ2n) is 5.94. The van der Waals surface area contributed by atoms with Crippen LogP contribution in [0, 0.1) is 11.6 Å². The molecule has 11 heteroatoms. The highest BCUT2D eigenvalue weighted by Gasteiger charge is 2.01. The molecule has 1 N–H and O–H groups in total. The summed E-state index contributed by atoms with van der Waals surface area (Å²) in [7, 11) is 0. The number of phenolic OH excluding ortho intramolecular Hbond substituents is 1. The van der Waals surface area contributed by atoms with Gasteiger partial charge in [0.05, 0.1) is 22.2 Å². The van der Waals surface area contributed by atoms with E-state index in [4.69, 9.17) is 14.6 Å². The molecule has 0 spiro atoms. The fraction of sp³-hybridized carbons (Fsp3) is 0.250. The van der Waals surface area contributed by atoms with Crippen molar-refractivity contribution < 1.29 is 37.7 Å². The fourth-order valence-corrected chi connectivity index (χ4v) is 2.88. The Morgan fingerprint density at radius 1 is 0.886 bits per heavy atom. The van der Waals surface area contributed by atoms with Crippen molar-refractivity contribution in [2.45, 2.75) is 13.8 Å². The highest BCUT2D eigenvalue weighted by molar-refractivity contribution is 9.11. The molecular weight excluding hydrogens is 662 g/mol. The number of rotatable bonds is 8. The van der Waals surface area contributed by atoms with Crippen molar-refractivity contribution in [1.29, 1.82) is 0 Å². The summed E-state index contributed by atoms with van der Waals surface area (Å²) in [5.41, 5.74) is 0. The van der Waals surface area contributed by atoms with Crippen LogP contribution in [0.2, 0.25) is 0 Å². The van der Waals surface area contributed by atoms with Gasteiger partial charge in [-0.3, -0.25) is 0 Å². The Hall–Kier alpha value is -2.24. The Morgan fingerprint density at radius 3 is 1.86 bits per heavy atom. The predicted molar refractivity (Wildman–Crippen MR) is 141 cm³/mol. The summed E-state index contributed by atoms with van der Waals surface area (Å²) in [5.74, 6) is -0.825. The molecule has 0 aliphatic rings. The molecule has 35 heavy (non-hydrogen) atoms. The van der Waals surface area contributed by atoms with Crippen molar-refractivity contribution in [1.82, 2.24) is 0 Å². The van der Waals surface area contributed by atoms with Crippen LogP contribution in [-0.2, 0) is 19.1 Å². The molecule has 6 nitrogen and oxygen atoms in total. The average molecular weight is 687 g/mol. The maximum atomic E-state index is 12.8. The third-order valence-corrected chi connectivity index (χ3v) is 4.94. The molecule has 0 bridgehead atoms. The number of halogens is 5. The van der Waals surface area contributed by atoms with Crippen molar-refractivity contribution in [3.8, 4) is 11.5 Å². The molecule has 0 fully saturated rings. The molecule has 0 saturated carbocycles. The van der Waals surface area contributed by atoms with E-state index in [-0.39, 0.29) is 30.0 Å². The molecule has 0 amide bonds. The maximum Gasteiger partial charge on any atom is 0.330 e. The van der Waals surface area contributed by atoms with Crippen molar-refractivity contribution >= 4 is 59.7 Å². The lowest BCUT2D eigenvalue weighted by atomic mass is 10.3. The number of allylic oxidation sites excluding steroid dienone is 1. The van der Waals surface area contributed by atoms with Gasteiger partial charge in [0.1, 0.15) is 29.7 Å². The topological polar surface area (TPSA) is 82.1 Å². The number of phenols is 1. The molecular formula is C24H25Br3F2O6. The van der Waals surface area contributed by atoms with Crippen LogP contribution in [-0.4, -0.2) is 42.2 Å². The third-order valence-electron chi connectivity index (χ3n) is 3.31. The quantitative estimate of drug-likeness (QED) is 0.185. The number of carbonyl (C=O) groups excluding carboxylic acids is 2. The second kappa shape index (κ2) is 20.0. The smallest absolute Gasteiger partial charge is 0.330 e. The van der Waals surface area contributed by atoms with Gasteiger partial charge >= 0.3 is 11.9 Å². The van der Waals surface area contributed by atoms with Crippen LogP contribution in [0.3, 0.4) is 0 Å².